The van der Waals surface area contributed by atoms with Crippen molar-refractivity contribution in [3.63, 3.8) is 0 Å². The Morgan fingerprint density at radius 1 is 1.23 bits per heavy atom. The predicted molar refractivity (Wildman–Crippen MR) is 115 cm³/mol. The lowest BCUT2D eigenvalue weighted by molar-refractivity contribution is 0.0975. The molecule has 5 heteroatoms. The number of Topliss-reactive ketones (excluding diaryl/α,β-unsaturated/α-hetero) is 1. The maximum atomic E-state index is 12.9. The van der Waals surface area contributed by atoms with Crippen LogP contribution < -0.4 is 4.48 Å². The van der Waals surface area contributed by atoms with E-state index in [1.807, 2.05) is 11.8 Å². The Balaban J connectivity index is 3.17. The SMILES string of the molecule is CSCCC[N+](C)(C)c1nc(C(C)(C)C)ncc1C(=O)CCCC(C)C. The highest BCUT2D eigenvalue weighted by molar-refractivity contribution is 7.98. The molecule has 0 saturated heterocycles. The molecule has 4 nitrogen and oxygen atoms in total. The number of quaternary nitrogens is 1. The molecular weight excluding hydrogens is 342 g/mol. The van der Waals surface area contributed by atoms with Crippen molar-refractivity contribution in [3.05, 3.63) is 17.6 Å². The highest BCUT2D eigenvalue weighted by Gasteiger charge is 2.31. The summed E-state index contributed by atoms with van der Waals surface area (Å²) in [5.74, 6) is 3.61. The molecule has 0 bridgehead atoms. The van der Waals surface area contributed by atoms with Gasteiger partial charge in [-0.25, -0.2) is 4.98 Å². The maximum Gasteiger partial charge on any atom is 0.241 e. The summed E-state index contributed by atoms with van der Waals surface area (Å²) in [5, 5.41) is 0. The minimum absolute atomic E-state index is 0.132. The van der Waals surface area contributed by atoms with Crippen LogP contribution in [0.15, 0.2) is 6.20 Å². The predicted octanol–water partition coefficient (Wildman–Crippen LogP) is 5.10. The summed E-state index contributed by atoms with van der Waals surface area (Å²) in [5.41, 5.74) is 0.573. The van der Waals surface area contributed by atoms with Gasteiger partial charge in [-0.2, -0.15) is 16.7 Å². The maximum absolute atomic E-state index is 12.9. The molecule has 0 N–H and O–H groups in total. The Bertz CT molecular complexity index is 591. The molecule has 0 saturated carbocycles. The smallest absolute Gasteiger partial charge is 0.241 e. The molecule has 0 radical (unpaired) electrons. The largest absolute Gasteiger partial charge is 0.294 e. The van der Waals surface area contributed by atoms with Gasteiger partial charge in [0, 0.05) is 24.5 Å². The van der Waals surface area contributed by atoms with E-state index in [2.05, 4.69) is 60.0 Å². The van der Waals surface area contributed by atoms with Crippen molar-refractivity contribution in [1.29, 1.82) is 0 Å². The average molecular weight is 381 g/mol. The summed E-state index contributed by atoms with van der Waals surface area (Å²) >= 11 is 1.86. The first kappa shape index (κ1) is 23.1. The van der Waals surface area contributed by atoms with E-state index in [4.69, 9.17) is 4.98 Å². The Morgan fingerprint density at radius 2 is 1.88 bits per heavy atom. The molecule has 0 fully saturated rings. The number of carbonyl (C=O) groups excluding carboxylic acids is 1. The molecule has 0 aliphatic rings. The topological polar surface area (TPSA) is 42.9 Å². The van der Waals surface area contributed by atoms with Crippen LogP contribution in [0.25, 0.3) is 0 Å². The van der Waals surface area contributed by atoms with Crippen molar-refractivity contribution >= 4 is 23.4 Å². The van der Waals surface area contributed by atoms with Crippen LogP contribution in [0, 0.1) is 5.92 Å². The third-order valence-electron chi connectivity index (χ3n) is 4.56. The van der Waals surface area contributed by atoms with Crippen LogP contribution in [0.5, 0.6) is 0 Å². The molecule has 0 amide bonds. The van der Waals surface area contributed by atoms with Gasteiger partial charge in [0.05, 0.1) is 20.6 Å². The third-order valence-corrected chi connectivity index (χ3v) is 5.26. The number of rotatable bonds is 10. The van der Waals surface area contributed by atoms with Crippen LogP contribution in [0.3, 0.4) is 0 Å². The van der Waals surface area contributed by atoms with Crippen LogP contribution in [0.1, 0.15) is 76.5 Å². The fourth-order valence-corrected chi connectivity index (χ4v) is 3.33. The zero-order chi connectivity index (χ0) is 20.0. The highest BCUT2D eigenvalue weighted by atomic mass is 32.2. The Kier molecular flexibility index (Phi) is 8.74. The van der Waals surface area contributed by atoms with E-state index in [1.165, 1.54) is 0 Å². The van der Waals surface area contributed by atoms with E-state index >= 15 is 0 Å². The lowest BCUT2D eigenvalue weighted by Crippen LogP contribution is -2.44. The molecule has 0 unspecified atom stereocenters. The number of thioether (sulfide) groups is 1. The van der Waals surface area contributed by atoms with E-state index in [-0.39, 0.29) is 11.2 Å². The molecule has 1 heterocycles. The summed E-state index contributed by atoms with van der Waals surface area (Å²) in [7, 11) is 4.31. The minimum atomic E-state index is -0.132. The second-order valence-corrected chi connectivity index (χ2v) is 10.1. The Labute approximate surface area is 164 Å². The standard InChI is InChI=1S/C21H38N3OS/c1-16(2)11-9-12-18(25)17-15-22-20(21(3,4)5)23-19(17)24(6,7)13-10-14-26-8/h15-16H,9-14H2,1-8H3/q+1. The van der Waals surface area contributed by atoms with E-state index in [0.29, 0.717) is 22.4 Å². The molecule has 0 atom stereocenters. The van der Waals surface area contributed by atoms with Gasteiger partial charge in [-0.3, -0.25) is 9.28 Å². The summed E-state index contributed by atoms with van der Waals surface area (Å²) in [6, 6.07) is 0. The van der Waals surface area contributed by atoms with Gasteiger partial charge in [0.2, 0.25) is 5.82 Å². The minimum Gasteiger partial charge on any atom is -0.294 e. The van der Waals surface area contributed by atoms with Crippen molar-refractivity contribution in [2.45, 2.75) is 65.7 Å². The van der Waals surface area contributed by atoms with Crippen LogP contribution in [0.4, 0.5) is 5.82 Å². The average Bonchev–Trinajstić information content (AvgIpc) is 2.53. The van der Waals surface area contributed by atoms with Crippen molar-refractivity contribution < 1.29 is 4.79 Å². The molecule has 0 aliphatic carbocycles. The molecule has 1 rings (SSSR count). The first-order chi connectivity index (χ1) is 12.0. The number of ketones is 1. The van der Waals surface area contributed by atoms with Gasteiger partial charge in [0.25, 0.3) is 0 Å². The van der Waals surface area contributed by atoms with E-state index in [9.17, 15) is 4.79 Å². The van der Waals surface area contributed by atoms with Gasteiger partial charge in [0.1, 0.15) is 11.4 Å². The van der Waals surface area contributed by atoms with Gasteiger partial charge in [0.15, 0.2) is 5.78 Å². The summed E-state index contributed by atoms with van der Waals surface area (Å²) in [6.07, 6.45) is 7.59. The zero-order valence-electron chi connectivity index (χ0n) is 18.1. The normalized spacial score (nSPS) is 12.7. The summed E-state index contributed by atoms with van der Waals surface area (Å²) in [6.45, 7) is 11.7. The lowest BCUT2D eigenvalue weighted by atomic mass is 9.95. The summed E-state index contributed by atoms with van der Waals surface area (Å²) < 4.78 is 0.622. The fourth-order valence-electron chi connectivity index (χ4n) is 2.91. The number of nitrogens with zero attached hydrogens (tertiary/aromatic N) is 3. The first-order valence-corrected chi connectivity index (χ1v) is 11.1. The summed E-state index contributed by atoms with van der Waals surface area (Å²) in [4.78, 5) is 22.3. The number of carbonyl (C=O) groups is 1. The van der Waals surface area contributed by atoms with Crippen LogP contribution in [-0.4, -0.2) is 48.4 Å². The van der Waals surface area contributed by atoms with Crippen LogP contribution >= 0.6 is 11.8 Å². The van der Waals surface area contributed by atoms with Gasteiger partial charge in [-0.05, 0) is 24.3 Å². The van der Waals surface area contributed by atoms with Gasteiger partial charge >= 0.3 is 0 Å². The van der Waals surface area contributed by atoms with Gasteiger partial charge in [-0.15, -0.1) is 0 Å². The van der Waals surface area contributed by atoms with Crippen LogP contribution in [0.2, 0.25) is 0 Å². The molecule has 26 heavy (non-hydrogen) atoms. The molecule has 0 aromatic carbocycles. The highest BCUT2D eigenvalue weighted by Crippen LogP contribution is 2.28. The fraction of sp³-hybridized carbons (Fsp3) is 0.762. The molecular formula is C21H38N3OS+. The van der Waals surface area contributed by atoms with E-state index in [1.54, 1.807) is 6.20 Å². The molecule has 148 valence electrons. The number of hydrogen-bond donors (Lipinski definition) is 0. The first-order valence-electron chi connectivity index (χ1n) is 9.72. The van der Waals surface area contributed by atoms with Crippen molar-refractivity contribution in [2.24, 2.45) is 5.92 Å². The Hall–Kier alpha value is -0.940. The third kappa shape index (κ3) is 6.99. The molecule has 0 spiro atoms. The zero-order valence-corrected chi connectivity index (χ0v) is 18.9. The van der Waals surface area contributed by atoms with Crippen molar-refractivity contribution in [1.82, 2.24) is 14.5 Å². The van der Waals surface area contributed by atoms with E-state index in [0.717, 1.165) is 43.2 Å². The van der Waals surface area contributed by atoms with Gasteiger partial charge in [-0.1, -0.05) is 41.0 Å². The lowest BCUT2D eigenvalue weighted by Gasteiger charge is -2.30. The molecule has 1 aromatic heterocycles. The van der Waals surface area contributed by atoms with E-state index < -0.39 is 0 Å². The second kappa shape index (κ2) is 9.84. The Morgan fingerprint density at radius 3 is 2.42 bits per heavy atom. The van der Waals surface area contributed by atoms with Crippen molar-refractivity contribution in [3.8, 4) is 0 Å². The van der Waals surface area contributed by atoms with Crippen molar-refractivity contribution in [2.75, 3.05) is 32.6 Å². The molecule has 0 aliphatic heterocycles. The second-order valence-electron chi connectivity index (χ2n) is 9.15. The number of aromatic nitrogens is 2. The monoisotopic (exact) mass is 380 g/mol. The molecule has 1 aromatic rings. The van der Waals surface area contributed by atoms with Gasteiger partial charge < -0.3 is 0 Å². The van der Waals surface area contributed by atoms with Crippen LogP contribution in [-0.2, 0) is 5.41 Å². The quantitative estimate of drug-likeness (QED) is 0.322. The number of hydrogen-bond acceptors (Lipinski definition) is 4.